The summed E-state index contributed by atoms with van der Waals surface area (Å²) in [4.78, 5) is 23.9. The van der Waals surface area contributed by atoms with Crippen LogP contribution in [0.2, 0.25) is 0 Å². The maximum atomic E-state index is 12.7. The highest BCUT2D eigenvalue weighted by Gasteiger charge is 2.28. The average molecular weight is 403 g/mol. The third-order valence-electron chi connectivity index (χ3n) is 5.35. The molecule has 0 saturated carbocycles. The number of piperidine rings is 1. The van der Waals surface area contributed by atoms with Gasteiger partial charge in [0.15, 0.2) is 6.61 Å². The van der Waals surface area contributed by atoms with Crippen molar-refractivity contribution < 1.29 is 14.3 Å². The van der Waals surface area contributed by atoms with Crippen molar-refractivity contribution in [2.75, 3.05) is 26.8 Å². The highest BCUT2D eigenvalue weighted by Crippen LogP contribution is 2.35. The van der Waals surface area contributed by atoms with E-state index >= 15 is 0 Å². The van der Waals surface area contributed by atoms with Gasteiger partial charge >= 0.3 is 0 Å². The first-order chi connectivity index (χ1) is 14.8. The Balaban J connectivity index is 1.50. The summed E-state index contributed by atoms with van der Waals surface area (Å²) in [6, 6.07) is 17.2. The molecule has 0 aliphatic carbocycles. The molecule has 6 nitrogen and oxygen atoms in total. The van der Waals surface area contributed by atoms with E-state index < -0.39 is 0 Å². The Morgan fingerprint density at radius 1 is 1.07 bits per heavy atom. The van der Waals surface area contributed by atoms with Crippen LogP contribution in [0.25, 0.3) is 11.3 Å². The van der Waals surface area contributed by atoms with Crippen molar-refractivity contribution in [3.63, 3.8) is 0 Å². The van der Waals surface area contributed by atoms with Gasteiger partial charge in [-0.05, 0) is 37.1 Å². The number of ether oxygens (including phenoxy) is 2. The number of aromatic nitrogens is 2. The monoisotopic (exact) mass is 403 g/mol. The first-order valence-electron chi connectivity index (χ1n) is 10.2. The van der Waals surface area contributed by atoms with Crippen molar-refractivity contribution >= 4 is 5.91 Å². The topological polar surface area (TPSA) is 64.6 Å². The second kappa shape index (κ2) is 9.39. The molecule has 154 valence electrons. The zero-order valence-electron chi connectivity index (χ0n) is 17.0. The molecule has 1 aromatic heterocycles. The van der Waals surface area contributed by atoms with Gasteiger partial charge in [-0.15, -0.1) is 0 Å². The van der Waals surface area contributed by atoms with E-state index in [4.69, 9.17) is 9.47 Å². The molecule has 0 unspecified atom stereocenters. The van der Waals surface area contributed by atoms with Gasteiger partial charge in [0.1, 0.15) is 11.5 Å². The van der Waals surface area contributed by atoms with Crippen LogP contribution in [0, 0.1) is 0 Å². The molecule has 0 radical (unpaired) electrons. The summed E-state index contributed by atoms with van der Waals surface area (Å²) in [6.45, 7) is 1.38. The summed E-state index contributed by atoms with van der Waals surface area (Å²) in [5, 5.41) is 0. The van der Waals surface area contributed by atoms with Gasteiger partial charge in [0.2, 0.25) is 0 Å². The minimum Gasteiger partial charge on any atom is -0.496 e. The molecule has 6 heteroatoms. The Morgan fingerprint density at radius 3 is 2.67 bits per heavy atom. The van der Waals surface area contributed by atoms with E-state index in [0.717, 1.165) is 42.1 Å². The Morgan fingerprint density at radius 2 is 1.83 bits per heavy atom. The van der Waals surface area contributed by atoms with Crippen LogP contribution >= 0.6 is 0 Å². The fraction of sp³-hybridized carbons (Fsp3) is 0.292. The van der Waals surface area contributed by atoms with Crippen molar-refractivity contribution in [1.29, 1.82) is 0 Å². The highest BCUT2D eigenvalue weighted by molar-refractivity contribution is 5.78. The zero-order valence-corrected chi connectivity index (χ0v) is 17.0. The number of rotatable bonds is 6. The standard InChI is InChI=1S/C24H25N3O3/c1-29-21-12-6-5-11-20(21)24-23(25-13-14-26-24)18-8-7-15-27(16-18)22(28)17-30-19-9-3-2-4-10-19/h2-6,9-14,18H,7-8,15-17H2,1H3/t18-/m0/s1. The van der Waals surface area contributed by atoms with E-state index in [1.54, 1.807) is 19.5 Å². The quantitative estimate of drug-likeness (QED) is 0.624. The van der Waals surface area contributed by atoms with Crippen LogP contribution in [-0.4, -0.2) is 47.6 Å². The smallest absolute Gasteiger partial charge is 0.260 e. The first kappa shape index (κ1) is 19.9. The summed E-state index contributed by atoms with van der Waals surface area (Å²) in [5.41, 5.74) is 2.64. The second-order valence-corrected chi connectivity index (χ2v) is 7.27. The van der Waals surface area contributed by atoms with Gasteiger partial charge in [-0.1, -0.05) is 30.3 Å². The largest absolute Gasteiger partial charge is 0.496 e. The molecule has 0 N–H and O–H groups in total. The molecule has 2 aromatic carbocycles. The van der Waals surface area contributed by atoms with Crippen molar-refractivity contribution in [2.24, 2.45) is 0 Å². The Hall–Kier alpha value is -3.41. The summed E-state index contributed by atoms with van der Waals surface area (Å²) < 4.78 is 11.2. The molecule has 0 bridgehead atoms. The van der Waals surface area contributed by atoms with Gasteiger partial charge in [-0.2, -0.15) is 0 Å². The SMILES string of the molecule is COc1ccccc1-c1nccnc1[C@H]1CCCN(C(=O)COc2ccccc2)C1. The van der Waals surface area contributed by atoms with Gasteiger partial charge in [0.25, 0.3) is 5.91 Å². The molecule has 0 spiro atoms. The van der Waals surface area contributed by atoms with Crippen LogP contribution in [-0.2, 0) is 4.79 Å². The maximum absolute atomic E-state index is 12.7. The predicted octanol–water partition coefficient (Wildman–Crippen LogP) is 3.94. The minimum atomic E-state index is -0.00807. The molecule has 1 saturated heterocycles. The number of para-hydroxylation sites is 2. The van der Waals surface area contributed by atoms with Crippen LogP contribution in [0.4, 0.5) is 0 Å². The van der Waals surface area contributed by atoms with Gasteiger partial charge in [-0.3, -0.25) is 14.8 Å². The molecule has 1 atom stereocenters. The lowest BCUT2D eigenvalue weighted by molar-refractivity contribution is -0.134. The fourth-order valence-corrected chi connectivity index (χ4v) is 3.88. The number of amides is 1. The fourth-order valence-electron chi connectivity index (χ4n) is 3.88. The molecule has 1 aliphatic heterocycles. The molecule has 1 amide bonds. The number of benzene rings is 2. The molecular formula is C24H25N3O3. The van der Waals surface area contributed by atoms with Gasteiger partial charge in [0, 0.05) is 37.0 Å². The molecule has 2 heterocycles. The van der Waals surface area contributed by atoms with Gasteiger partial charge in [-0.25, -0.2) is 0 Å². The van der Waals surface area contributed by atoms with Crippen LogP contribution in [0.15, 0.2) is 67.0 Å². The van der Waals surface area contributed by atoms with Crippen LogP contribution < -0.4 is 9.47 Å². The first-order valence-corrected chi connectivity index (χ1v) is 10.2. The van der Waals surface area contributed by atoms with E-state index in [1.807, 2.05) is 59.5 Å². The molecule has 1 aliphatic rings. The number of carbonyl (C=O) groups excluding carboxylic acids is 1. The number of hydrogen-bond donors (Lipinski definition) is 0. The lowest BCUT2D eigenvalue weighted by Gasteiger charge is -2.33. The normalized spacial score (nSPS) is 16.2. The van der Waals surface area contributed by atoms with Crippen LogP contribution in [0.1, 0.15) is 24.5 Å². The van der Waals surface area contributed by atoms with E-state index in [0.29, 0.717) is 12.3 Å². The summed E-state index contributed by atoms with van der Waals surface area (Å²) in [7, 11) is 1.66. The van der Waals surface area contributed by atoms with Crippen molar-refractivity contribution in [2.45, 2.75) is 18.8 Å². The van der Waals surface area contributed by atoms with Crippen molar-refractivity contribution in [1.82, 2.24) is 14.9 Å². The summed E-state index contributed by atoms with van der Waals surface area (Å²) in [5.74, 6) is 1.57. The Bertz CT molecular complexity index is 994. The Labute approximate surface area is 176 Å². The van der Waals surface area contributed by atoms with E-state index in [2.05, 4.69) is 9.97 Å². The number of hydrogen-bond acceptors (Lipinski definition) is 5. The maximum Gasteiger partial charge on any atom is 0.260 e. The number of methoxy groups -OCH3 is 1. The minimum absolute atomic E-state index is 0.00807. The average Bonchev–Trinajstić information content (AvgIpc) is 2.83. The molecular weight excluding hydrogens is 378 g/mol. The zero-order chi connectivity index (χ0) is 20.8. The number of nitrogens with zero attached hydrogens (tertiary/aromatic N) is 3. The van der Waals surface area contributed by atoms with Crippen molar-refractivity contribution in [3.05, 3.63) is 72.7 Å². The molecule has 3 aromatic rings. The predicted molar refractivity (Wildman–Crippen MR) is 115 cm³/mol. The lowest BCUT2D eigenvalue weighted by Crippen LogP contribution is -2.41. The van der Waals surface area contributed by atoms with Crippen molar-refractivity contribution in [3.8, 4) is 22.8 Å². The van der Waals surface area contributed by atoms with Crippen LogP contribution in [0.3, 0.4) is 0 Å². The second-order valence-electron chi connectivity index (χ2n) is 7.27. The summed E-state index contributed by atoms with van der Waals surface area (Å²) >= 11 is 0. The van der Waals surface area contributed by atoms with E-state index in [9.17, 15) is 4.79 Å². The molecule has 30 heavy (non-hydrogen) atoms. The van der Waals surface area contributed by atoms with Gasteiger partial charge in [0.05, 0.1) is 18.5 Å². The molecule has 4 rings (SSSR count). The van der Waals surface area contributed by atoms with E-state index in [1.165, 1.54) is 0 Å². The molecule has 1 fully saturated rings. The number of carbonyl (C=O) groups is 1. The lowest BCUT2D eigenvalue weighted by atomic mass is 9.91. The Kier molecular flexibility index (Phi) is 6.23. The van der Waals surface area contributed by atoms with Gasteiger partial charge < -0.3 is 14.4 Å². The summed E-state index contributed by atoms with van der Waals surface area (Å²) in [6.07, 6.45) is 5.30. The number of likely N-dealkylation sites (tertiary alicyclic amines) is 1. The van der Waals surface area contributed by atoms with Crippen LogP contribution in [0.5, 0.6) is 11.5 Å². The highest BCUT2D eigenvalue weighted by atomic mass is 16.5. The third kappa shape index (κ3) is 4.43. The third-order valence-corrected chi connectivity index (χ3v) is 5.35. The van der Waals surface area contributed by atoms with E-state index in [-0.39, 0.29) is 18.4 Å².